The van der Waals surface area contributed by atoms with Crippen molar-refractivity contribution >= 4 is 17.2 Å². The Balaban J connectivity index is 2.81. The number of hydrogen-bond acceptors (Lipinski definition) is 0. The van der Waals surface area contributed by atoms with E-state index in [1.165, 1.54) is 0 Å². The third-order valence-electron chi connectivity index (χ3n) is 1.91. The summed E-state index contributed by atoms with van der Waals surface area (Å²) in [6.07, 6.45) is 5.54. The van der Waals surface area contributed by atoms with Crippen LogP contribution in [0.2, 0.25) is 0 Å². The smallest absolute Gasteiger partial charge is 0.0474 e. The quantitative estimate of drug-likeness (QED) is 0.510. The fourth-order valence-corrected chi connectivity index (χ4v) is 1.27. The monoisotopic (exact) mass is 204 g/mol. The Morgan fingerprint density at radius 2 is 1.93 bits per heavy atom. The first-order valence-electron chi connectivity index (χ1n) is 4.41. The Bertz CT molecular complexity index is 344. The molecule has 0 fully saturated rings. The van der Waals surface area contributed by atoms with E-state index in [2.05, 4.69) is 13.2 Å². The van der Waals surface area contributed by atoms with Gasteiger partial charge in [-0.2, -0.15) is 0 Å². The molecule has 0 nitrogen and oxygen atoms in total. The largest absolute Gasteiger partial charge is 0.122 e. The minimum absolute atomic E-state index is 0.551. The number of hydrogen-bond donors (Lipinski definition) is 0. The Hall–Kier alpha value is -1.27. The van der Waals surface area contributed by atoms with Crippen LogP contribution in [0.25, 0.3) is 5.57 Å². The van der Waals surface area contributed by atoms with Gasteiger partial charge in [0.05, 0.1) is 0 Å². The van der Waals surface area contributed by atoms with Crippen LogP contribution in [0.15, 0.2) is 55.7 Å². The lowest BCUT2D eigenvalue weighted by molar-refractivity contribution is 1.39. The van der Waals surface area contributed by atoms with Crippen molar-refractivity contribution in [1.29, 1.82) is 0 Å². The van der Waals surface area contributed by atoms with Gasteiger partial charge in [-0.05, 0) is 16.7 Å². The lowest BCUT2D eigenvalue weighted by Gasteiger charge is -2.01. The van der Waals surface area contributed by atoms with Gasteiger partial charge in [0.15, 0.2) is 0 Å². The third kappa shape index (κ3) is 2.90. The van der Waals surface area contributed by atoms with Crippen LogP contribution in [0, 0.1) is 0 Å². The summed E-state index contributed by atoms with van der Waals surface area (Å²) in [5.74, 6) is 0.551. The van der Waals surface area contributed by atoms with Gasteiger partial charge >= 0.3 is 0 Å². The van der Waals surface area contributed by atoms with Crippen molar-refractivity contribution in [2.24, 2.45) is 0 Å². The highest BCUT2D eigenvalue weighted by Crippen LogP contribution is 2.15. The van der Waals surface area contributed by atoms with E-state index < -0.39 is 0 Å². The third-order valence-corrected chi connectivity index (χ3v) is 2.22. The molecule has 0 aliphatic carbocycles. The predicted octanol–water partition coefficient (Wildman–Crippen LogP) is 4.18. The highest BCUT2D eigenvalue weighted by atomic mass is 35.5. The van der Waals surface area contributed by atoms with Crippen LogP contribution in [0.4, 0.5) is 0 Å². The molecule has 0 heterocycles. The molecular formula is C13H13Cl. The molecule has 0 amide bonds. The molecule has 0 spiro atoms. The van der Waals surface area contributed by atoms with Gasteiger partial charge in [0.1, 0.15) is 0 Å². The Labute approximate surface area is 90.2 Å². The normalized spacial score (nSPS) is 10.4. The average Bonchev–Trinajstić information content (AvgIpc) is 2.26. The summed E-state index contributed by atoms with van der Waals surface area (Å²) in [6, 6.07) is 8.06. The van der Waals surface area contributed by atoms with Gasteiger partial charge < -0.3 is 0 Å². The Morgan fingerprint density at radius 1 is 1.29 bits per heavy atom. The molecule has 0 saturated heterocycles. The molecule has 72 valence electrons. The van der Waals surface area contributed by atoms with E-state index in [9.17, 15) is 0 Å². The number of allylic oxidation sites excluding steroid dienone is 4. The van der Waals surface area contributed by atoms with Crippen LogP contribution in [-0.4, -0.2) is 0 Å². The molecule has 0 atom stereocenters. The van der Waals surface area contributed by atoms with Crippen LogP contribution in [0.1, 0.15) is 11.1 Å². The first-order chi connectivity index (χ1) is 6.77. The number of rotatable bonds is 4. The van der Waals surface area contributed by atoms with Gasteiger partial charge in [0, 0.05) is 5.88 Å². The van der Waals surface area contributed by atoms with Gasteiger partial charge in [-0.15, -0.1) is 11.6 Å². The number of benzene rings is 1. The second-order valence-corrected chi connectivity index (χ2v) is 3.22. The molecule has 0 aromatic heterocycles. The summed E-state index contributed by atoms with van der Waals surface area (Å²) in [7, 11) is 0. The van der Waals surface area contributed by atoms with E-state index in [1.807, 2.05) is 36.4 Å². The lowest BCUT2D eigenvalue weighted by atomic mass is 10.1. The highest BCUT2D eigenvalue weighted by molar-refractivity contribution is 6.17. The molecule has 0 radical (unpaired) electrons. The van der Waals surface area contributed by atoms with Crippen molar-refractivity contribution in [2.45, 2.75) is 5.88 Å². The van der Waals surface area contributed by atoms with Crippen molar-refractivity contribution in [3.8, 4) is 0 Å². The summed E-state index contributed by atoms with van der Waals surface area (Å²) in [5, 5.41) is 0. The standard InChI is InChI=1S/C13H13Cl/c1-3-4-5-11(2)13-8-6-12(10-14)7-9-13/h3-9H,1-2,10H2/b5-4-. The molecule has 0 saturated carbocycles. The maximum atomic E-state index is 5.69. The maximum absolute atomic E-state index is 5.69. The fourth-order valence-electron chi connectivity index (χ4n) is 1.09. The summed E-state index contributed by atoms with van der Waals surface area (Å²) >= 11 is 5.69. The molecule has 1 aromatic rings. The summed E-state index contributed by atoms with van der Waals surface area (Å²) < 4.78 is 0. The van der Waals surface area contributed by atoms with E-state index in [4.69, 9.17) is 11.6 Å². The summed E-state index contributed by atoms with van der Waals surface area (Å²) in [5.41, 5.74) is 3.21. The minimum Gasteiger partial charge on any atom is -0.122 e. The fraction of sp³-hybridized carbons (Fsp3) is 0.0769. The second-order valence-electron chi connectivity index (χ2n) is 2.95. The predicted molar refractivity (Wildman–Crippen MR) is 64.4 cm³/mol. The van der Waals surface area contributed by atoms with Crippen LogP contribution in [0.5, 0.6) is 0 Å². The first kappa shape index (κ1) is 10.8. The van der Waals surface area contributed by atoms with Crippen molar-refractivity contribution in [3.63, 3.8) is 0 Å². The van der Waals surface area contributed by atoms with Crippen LogP contribution in [0.3, 0.4) is 0 Å². The van der Waals surface area contributed by atoms with Gasteiger partial charge in [-0.1, -0.05) is 55.7 Å². The Morgan fingerprint density at radius 3 is 2.43 bits per heavy atom. The van der Waals surface area contributed by atoms with Crippen LogP contribution >= 0.6 is 11.6 Å². The van der Waals surface area contributed by atoms with E-state index in [0.29, 0.717) is 5.88 Å². The van der Waals surface area contributed by atoms with E-state index >= 15 is 0 Å². The molecule has 1 rings (SSSR count). The summed E-state index contributed by atoms with van der Waals surface area (Å²) in [6.45, 7) is 7.56. The molecule has 0 aliphatic heterocycles. The van der Waals surface area contributed by atoms with Crippen molar-refractivity contribution in [2.75, 3.05) is 0 Å². The van der Waals surface area contributed by atoms with E-state index in [-0.39, 0.29) is 0 Å². The average molecular weight is 205 g/mol. The molecule has 0 aliphatic rings. The van der Waals surface area contributed by atoms with Gasteiger partial charge in [-0.25, -0.2) is 0 Å². The molecule has 0 bridgehead atoms. The van der Waals surface area contributed by atoms with Gasteiger partial charge in [-0.3, -0.25) is 0 Å². The van der Waals surface area contributed by atoms with Crippen LogP contribution in [-0.2, 0) is 5.88 Å². The second kappa shape index (κ2) is 5.46. The molecule has 14 heavy (non-hydrogen) atoms. The maximum Gasteiger partial charge on any atom is 0.0474 e. The van der Waals surface area contributed by atoms with E-state index in [1.54, 1.807) is 6.08 Å². The van der Waals surface area contributed by atoms with Crippen molar-refractivity contribution < 1.29 is 0 Å². The zero-order chi connectivity index (χ0) is 10.4. The van der Waals surface area contributed by atoms with Gasteiger partial charge in [0.25, 0.3) is 0 Å². The van der Waals surface area contributed by atoms with E-state index in [0.717, 1.165) is 16.7 Å². The SMILES string of the molecule is C=C/C=C\C(=C)c1ccc(CCl)cc1. The minimum atomic E-state index is 0.551. The molecule has 0 N–H and O–H groups in total. The van der Waals surface area contributed by atoms with Gasteiger partial charge in [0.2, 0.25) is 0 Å². The molecule has 1 heteroatoms. The molecule has 1 aromatic carbocycles. The number of alkyl halides is 1. The molecular weight excluding hydrogens is 192 g/mol. The first-order valence-corrected chi connectivity index (χ1v) is 4.94. The van der Waals surface area contributed by atoms with Crippen LogP contribution < -0.4 is 0 Å². The lowest BCUT2D eigenvalue weighted by Crippen LogP contribution is -1.81. The topological polar surface area (TPSA) is 0 Å². The Kier molecular flexibility index (Phi) is 4.21. The van der Waals surface area contributed by atoms with Crippen molar-refractivity contribution in [1.82, 2.24) is 0 Å². The zero-order valence-electron chi connectivity index (χ0n) is 8.04. The zero-order valence-corrected chi connectivity index (χ0v) is 8.80. The molecule has 0 unspecified atom stereocenters. The number of halogens is 1. The highest BCUT2D eigenvalue weighted by Gasteiger charge is 1.94. The van der Waals surface area contributed by atoms with Crippen molar-refractivity contribution in [3.05, 3.63) is 66.8 Å². The summed E-state index contributed by atoms with van der Waals surface area (Å²) in [4.78, 5) is 0.